The third-order valence-corrected chi connectivity index (χ3v) is 9.31. The van der Waals surface area contributed by atoms with Gasteiger partial charge in [0, 0.05) is 25.4 Å². The van der Waals surface area contributed by atoms with E-state index in [1.807, 2.05) is 4.67 Å². The van der Waals surface area contributed by atoms with Crippen LogP contribution in [-0.2, 0) is 18.5 Å². The van der Waals surface area contributed by atoms with E-state index in [2.05, 4.69) is 0 Å². The van der Waals surface area contributed by atoms with Gasteiger partial charge in [0.1, 0.15) is 0 Å². The SMILES string of the molecule is FC(F)(F)c1cc(C(F)(F)F)c(P=PN(C2CCCCC2)C2CCCCC2)c(C(F)(F)F)c1. The van der Waals surface area contributed by atoms with Crippen molar-refractivity contribution in [3.05, 3.63) is 28.8 Å². The lowest BCUT2D eigenvalue weighted by atomic mass is 9.91. The Morgan fingerprint density at radius 2 is 1.00 bits per heavy atom. The van der Waals surface area contributed by atoms with Crippen LogP contribution in [0.1, 0.15) is 80.9 Å². The molecule has 2 fully saturated rings. The molecule has 186 valence electrons. The van der Waals surface area contributed by atoms with Crippen LogP contribution in [-0.4, -0.2) is 16.8 Å². The zero-order chi connectivity index (χ0) is 24.4. The Labute approximate surface area is 189 Å². The van der Waals surface area contributed by atoms with E-state index >= 15 is 0 Å². The van der Waals surface area contributed by atoms with Gasteiger partial charge in [-0.15, -0.1) is 0 Å². The molecule has 0 atom stereocenters. The predicted octanol–water partition coefficient (Wildman–Crippen LogP) is 9.06. The molecule has 0 spiro atoms. The number of rotatable bonds is 4. The molecule has 0 radical (unpaired) electrons. The molecule has 0 saturated heterocycles. The monoisotopic (exact) mass is 523 g/mol. The van der Waals surface area contributed by atoms with Crippen molar-refractivity contribution in [3.8, 4) is 0 Å². The zero-order valence-electron chi connectivity index (χ0n) is 17.6. The van der Waals surface area contributed by atoms with Crippen molar-refractivity contribution in [1.82, 2.24) is 4.67 Å². The number of hydrogen-bond acceptors (Lipinski definition) is 0. The number of halogens is 9. The summed E-state index contributed by atoms with van der Waals surface area (Å²) in [6.07, 6.45) is -6.86. The fourth-order valence-electron chi connectivity index (χ4n) is 4.57. The van der Waals surface area contributed by atoms with Crippen LogP contribution >= 0.6 is 15.9 Å². The molecule has 0 unspecified atom stereocenters. The van der Waals surface area contributed by atoms with Gasteiger partial charge in [-0.05, 0) is 45.7 Å². The predicted molar refractivity (Wildman–Crippen MR) is 111 cm³/mol. The summed E-state index contributed by atoms with van der Waals surface area (Å²) < 4.78 is 123. The maximum absolute atomic E-state index is 13.7. The zero-order valence-corrected chi connectivity index (χ0v) is 19.4. The third kappa shape index (κ3) is 6.85. The molecule has 2 saturated carbocycles. The summed E-state index contributed by atoms with van der Waals surface area (Å²) in [4.78, 5) is 0. The van der Waals surface area contributed by atoms with Crippen LogP contribution in [0.2, 0.25) is 0 Å². The average molecular weight is 523 g/mol. The molecule has 0 amide bonds. The summed E-state index contributed by atoms with van der Waals surface area (Å²) in [7, 11) is -0.0556. The van der Waals surface area contributed by atoms with Gasteiger partial charge in [-0.25, -0.2) is 4.67 Å². The van der Waals surface area contributed by atoms with Crippen molar-refractivity contribution < 1.29 is 39.5 Å². The minimum Gasteiger partial charge on any atom is -0.247 e. The van der Waals surface area contributed by atoms with Gasteiger partial charge in [-0.3, -0.25) is 0 Å². The minimum absolute atomic E-state index is 0.0640. The van der Waals surface area contributed by atoms with Crippen molar-refractivity contribution in [1.29, 1.82) is 0 Å². The molecule has 0 aromatic heterocycles. The fraction of sp³-hybridized carbons (Fsp3) is 0.714. The molecule has 3 rings (SSSR count). The molecule has 12 heteroatoms. The largest absolute Gasteiger partial charge is 0.417 e. The van der Waals surface area contributed by atoms with E-state index in [9.17, 15) is 39.5 Å². The molecular formula is C21H24F9NP2. The molecule has 0 heterocycles. The van der Waals surface area contributed by atoms with Gasteiger partial charge in [-0.2, -0.15) is 39.5 Å². The van der Waals surface area contributed by atoms with E-state index in [-0.39, 0.29) is 40.1 Å². The second-order valence-corrected chi connectivity index (χ2v) is 11.0. The van der Waals surface area contributed by atoms with E-state index < -0.39 is 40.5 Å². The van der Waals surface area contributed by atoms with E-state index in [0.29, 0.717) is 0 Å². The molecule has 1 nitrogen and oxygen atoms in total. The molecule has 0 aliphatic heterocycles. The van der Waals surface area contributed by atoms with Gasteiger partial charge in [-0.1, -0.05) is 38.5 Å². The maximum atomic E-state index is 13.7. The van der Waals surface area contributed by atoms with E-state index in [1.165, 1.54) is 0 Å². The van der Waals surface area contributed by atoms with E-state index in [4.69, 9.17) is 0 Å². The first-order chi connectivity index (χ1) is 15.3. The van der Waals surface area contributed by atoms with Crippen LogP contribution in [0.15, 0.2) is 12.1 Å². The van der Waals surface area contributed by atoms with E-state index in [0.717, 1.165) is 64.2 Å². The molecule has 0 bridgehead atoms. The highest BCUT2D eigenvalue weighted by Gasteiger charge is 2.44. The van der Waals surface area contributed by atoms with Crippen molar-refractivity contribution in [3.63, 3.8) is 0 Å². The van der Waals surface area contributed by atoms with Crippen molar-refractivity contribution in [2.75, 3.05) is 0 Å². The molecule has 1 aromatic rings. The first-order valence-corrected chi connectivity index (χ1v) is 13.3. The summed E-state index contributed by atoms with van der Waals surface area (Å²) in [6.45, 7) is 0. The maximum Gasteiger partial charge on any atom is 0.417 e. The van der Waals surface area contributed by atoms with Gasteiger partial charge >= 0.3 is 18.5 Å². The first-order valence-electron chi connectivity index (χ1n) is 10.9. The van der Waals surface area contributed by atoms with Crippen molar-refractivity contribution >= 4 is 21.2 Å². The Morgan fingerprint density at radius 3 is 1.33 bits per heavy atom. The summed E-state index contributed by atoms with van der Waals surface area (Å²) in [5.41, 5.74) is -5.69. The standard InChI is InChI=1S/C21H24F9NP2/c22-19(23,24)13-11-16(20(25,26)27)18(17(12-13)21(28,29)30)32-33-31(14-7-3-1-4-8-14)15-9-5-2-6-10-15/h11-12,14-15H,1-10H2. The van der Waals surface area contributed by atoms with Gasteiger partial charge in [0.05, 0.1) is 16.7 Å². The summed E-state index contributed by atoms with van der Waals surface area (Å²) in [5.74, 6) is 0. The number of benzene rings is 1. The molecule has 33 heavy (non-hydrogen) atoms. The minimum atomic E-state index is -5.35. The summed E-state index contributed by atoms with van der Waals surface area (Å²) in [5, 5.41) is -1.14. The van der Waals surface area contributed by atoms with Gasteiger partial charge in [0.2, 0.25) is 0 Å². The quantitative estimate of drug-likeness (QED) is 0.281. The van der Waals surface area contributed by atoms with Crippen LogP contribution in [0.4, 0.5) is 39.5 Å². The molecular weight excluding hydrogens is 499 g/mol. The molecule has 1 aromatic carbocycles. The third-order valence-electron chi connectivity index (χ3n) is 6.19. The average Bonchev–Trinajstić information content (AvgIpc) is 2.73. The molecule has 2 aliphatic rings. The van der Waals surface area contributed by atoms with Crippen LogP contribution in [0.5, 0.6) is 0 Å². The number of alkyl halides is 9. The van der Waals surface area contributed by atoms with Crippen LogP contribution in [0.3, 0.4) is 0 Å². The second kappa shape index (κ2) is 10.4. The summed E-state index contributed by atoms with van der Waals surface area (Å²) >= 11 is 0. The fourth-order valence-corrected chi connectivity index (χ4v) is 8.22. The normalized spacial score (nSPS) is 20.2. The Morgan fingerprint density at radius 1 is 0.606 bits per heavy atom. The first kappa shape index (κ1) is 26.7. The van der Waals surface area contributed by atoms with Gasteiger partial charge in [0.25, 0.3) is 0 Å². The highest BCUT2D eigenvalue weighted by Crippen LogP contribution is 2.44. The Hall–Kier alpha value is -0.850. The lowest BCUT2D eigenvalue weighted by molar-refractivity contribution is -0.147. The van der Waals surface area contributed by atoms with Crippen LogP contribution < -0.4 is 5.30 Å². The number of hydrogen-bond donors (Lipinski definition) is 0. The van der Waals surface area contributed by atoms with Crippen molar-refractivity contribution in [2.24, 2.45) is 0 Å². The molecule has 0 N–H and O–H groups in total. The van der Waals surface area contributed by atoms with Gasteiger partial charge < -0.3 is 0 Å². The van der Waals surface area contributed by atoms with Gasteiger partial charge in [0.15, 0.2) is 0 Å². The van der Waals surface area contributed by atoms with Crippen molar-refractivity contribution in [2.45, 2.75) is 94.8 Å². The Kier molecular flexibility index (Phi) is 8.44. The lowest BCUT2D eigenvalue weighted by Gasteiger charge is -2.38. The van der Waals surface area contributed by atoms with E-state index in [1.54, 1.807) is 0 Å². The smallest absolute Gasteiger partial charge is 0.247 e. The van der Waals surface area contributed by atoms with Crippen LogP contribution in [0, 0.1) is 0 Å². The topological polar surface area (TPSA) is 3.24 Å². The Bertz CT molecular complexity index is 781. The highest BCUT2D eigenvalue weighted by molar-refractivity contribution is 7.86. The Balaban J connectivity index is 2.11. The summed E-state index contributed by atoms with van der Waals surface area (Å²) in [6, 6.07) is -0.264. The van der Waals surface area contributed by atoms with Crippen LogP contribution in [0.25, 0.3) is 0 Å². The molecule has 2 aliphatic carbocycles. The lowest BCUT2D eigenvalue weighted by Crippen LogP contribution is -2.38. The highest BCUT2D eigenvalue weighted by atomic mass is 31.7. The number of nitrogens with zero attached hydrogens (tertiary/aromatic N) is 1. The second-order valence-electron chi connectivity index (χ2n) is 8.57.